The van der Waals surface area contributed by atoms with Crippen molar-refractivity contribution in [2.75, 3.05) is 23.7 Å². The molecule has 0 radical (unpaired) electrons. The number of nitrogens with zero attached hydrogens (tertiary/aromatic N) is 1. The van der Waals surface area contributed by atoms with Crippen molar-refractivity contribution in [1.29, 1.82) is 0 Å². The van der Waals surface area contributed by atoms with E-state index in [1.54, 1.807) is 48.5 Å². The second kappa shape index (κ2) is 10.7. The van der Waals surface area contributed by atoms with E-state index in [1.807, 2.05) is 31.2 Å². The van der Waals surface area contributed by atoms with Gasteiger partial charge in [0.1, 0.15) is 12.4 Å². The molecule has 0 aliphatic rings. The Bertz CT molecular complexity index is 1160. The summed E-state index contributed by atoms with van der Waals surface area (Å²) >= 11 is 3.36. The number of para-hydroxylation sites is 1. The minimum absolute atomic E-state index is 0.173. The van der Waals surface area contributed by atoms with E-state index in [0.717, 1.165) is 21.3 Å². The number of benzene rings is 3. The zero-order valence-electron chi connectivity index (χ0n) is 17.9. The number of aryl methyl sites for hydroxylation is 1. The predicted molar refractivity (Wildman–Crippen MR) is 131 cm³/mol. The normalized spacial score (nSPS) is 11.1. The average Bonchev–Trinajstić information content (AvgIpc) is 2.76. The van der Waals surface area contributed by atoms with Gasteiger partial charge in [0.25, 0.3) is 5.91 Å². The monoisotopic (exact) mass is 516 g/mol. The van der Waals surface area contributed by atoms with Crippen molar-refractivity contribution in [2.45, 2.75) is 13.5 Å². The van der Waals surface area contributed by atoms with Gasteiger partial charge in [0, 0.05) is 10.0 Å². The highest BCUT2D eigenvalue weighted by atomic mass is 79.9. The van der Waals surface area contributed by atoms with E-state index < -0.39 is 10.0 Å². The molecular weight excluding hydrogens is 492 g/mol. The molecule has 1 amide bonds. The standard InChI is InChI=1S/C24H25BrN2O4S/c1-18-5-3-4-6-23(18)31-16-15-26-24(28)20-9-7-19(8-10-20)17-27(32(2,29)30)22-13-11-21(25)12-14-22/h3-14H,15-17H2,1-2H3,(H,26,28). The van der Waals surface area contributed by atoms with Crippen LogP contribution < -0.4 is 14.4 Å². The van der Waals surface area contributed by atoms with Crippen LogP contribution in [0.3, 0.4) is 0 Å². The van der Waals surface area contributed by atoms with E-state index >= 15 is 0 Å². The molecule has 3 rings (SSSR count). The third-order valence-electron chi connectivity index (χ3n) is 4.80. The first-order chi connectivity index (χ1) is 15.2. The lowest BCUT2D eigenvalue weighted by Gasteiger charge is -2.22. The molecular formula is C24H25BrN2O4S. The number of nitrogens with one attached hydrogen (secondary N) is 1. The van der Waals surface area contributed by atoms with Crippen molar-refractivity contribution in [3.05, 3.63) is 94.0 Å². The molecule has 3 aromatic rings. The number of ether oxygens (including phenoxy) is 1. The fourth-order valence-corrected chi connectivity index (χ4v) is 4.23. The lowest BCUT2D eigenvalue weighted by atomic mass is 10.1. The predicted octanol–water partition coefficient (Wildman–Crippen LogP) is 4.53. The van der Waals surface area contributed by atoms with Crippen molar-refractivity contribution in [3.8, 4) is 5.75 Å². The molecule has 0 heterocycles. The van der Waals surface area contributed by atoms with Crippen molar-refractivity contribution in [2.24, 2.45) is 0 Å². The highest BCUT2D eigenvalue weighted by Crippen LogP contribution is 2.23. The second-order valence-corrected chi connectivity index (χ2v) is 10.1. The highest BCUT2D eigenvalue weighted by molar-refractivity contribution is 9.10. The summed E-state index contributed by atoms with van der Waals surface area (Å²) in [6.07, 6.45) is 1.18. The Balaban J connectivity index is 1.58. The van der Waals surface area contributed by atoms with Gasteiger partial charge in [-0.3, -0.25) is 9.10 Å². The molecule has 0 aliphatic heterocycles. The van der Waals surface area contributed by atoms with Gasteiger partial charge in [0.15, 0.2) is 0 Å². The Labute approximate surface area is 197 Å². The SMILES string of the molecule is Cc1ccccc1OCCNC(=O)c1ccc(CN(c2ccc(Br)cc2)S(C)(=O)=O)cc1. The molecule has 0 saturated carbocycles. The number of anilines is 1. The van der Waals surface area contributed by atoms with Gasteiger partial charge in [0.2, 0.25) is 10.0 Å². The van der Waals surface area contributed by atoms with E-state index in [-0.39, 0.29) is 12.5 Å². The van der Waals surface area contributed by atoms with Crippen molar-refractivity contribution < 1.29 is 17.9 Å². The number of hydrogen-bond acceptors (Lipinski definition) is 4. The molecule has 0 atom stereocenters. The Morgan fingerprint density at radius 3 is 2.28 bits per heavy atom. The molecule has 0 spiro atoms. The van der Waals surface area contributed by atoms with Gasteiger partial charge >= 0.3 is 0 Å². The maximum atomic E-state index is 12.4. The Kier molecular flexibility index (Phi) is 7.93. The van der Waals surface area contributed by atoms with Gasteiger partial charge in [-0.1, -0.05) is 46.3 Å². The Hall–Kier alpha value is -2.84. The van der Waals surface area contributed by atoms with Crippen molar-refractivity contribution in [3.63, 3.8) is 0 Å². The van der Waals surface area contributed by atoms with Crippen molar-refractivity contribution >= 4 is 37.5 Å². The number of amides is 1. The van der Waals surface area contributed by atoms with E-state index in [2.05, 4.69) is 21.2 Å². The third-order valence-corrected chi connectivity index (χ3v) is 6.47. The lowest BCUT2D eigenvalue weighted by Crippen LogP contribution is -2.29. The quantitative estimate of drug-likeness (QED) is 0.424. The molecule has 0 saturated heterocycles. The van der Waals surface area contributed by atoms with Crippen LogP contribution in [-0.2, 0) is 16.6 Å². The molecule has 0 unspecified atom stereocenters. The molecule has 6 nitrogen and oxygen atoms in total. The first-order valence-corrected chi connectivity index (χ1v) is 12.7. The molecule has 0 fully saturated rings. The molecule has 8 heteroatoms. The Morgan fingerprint density at radius 1 is 1.00 bits per heavy atom. The summed E-state index contributed by atoms with van der Waals surface area (Å²) < 4.78 is 32.5. The largest absolute Gasteiger partial charge is 0.491 e. The van der Waals surface area contributed by atoms with Crippen LogP contribution in [0.1, 0.15) is 21.5 Å². The van der Waals surface area contributed by atoms with Crippen LogP contribution in [-0.4, -0.2) is 33.7 Å². The minimum Gasteiger partial charge on any atom is -0.491 e. The summed E-state index contributed by atoms with van der Waals surface area (Å²) in [6, 6.07) is 21.7. The molecule has 168 valence electrons. The highest BCUT2D eigenvalue weighted by Gasteiger charge is 2.18. The fourth-order valence-electron chi connectivity index (χ4n) is 3.08. The number of sulfonamides is 1. The molecule has 32 heavy (non-hydrogen) atoms. The molecule has 0 bridgehead atoms. The summed E-state index contributed by atoms with van der Waals surface area (Å²) in [5.74, 6) is 0.588. The summed E-state index contributed by atoms with van der Waals surface area (Å²) in [6.45, 7) is 2.88. The van der Waals surface area contributed by atoms with Gasteiger partial charge in [-0.25, -0.2) is 8.42 Å². The number of rotatable bonds is 9. The van der Waals surface area contributed by atoms with Crippen LogP contribution in [0.15, 0.2) is 77.3 Å². The average molecular weight is 517 g/mol. The summed E-state index contributed by atoms with van der Waals surface area (Å²) in [4.78, 5) is 12.4. The van der Waals surface area contributed by atoms with E-state index in [9.17, 15) is 13.2 Å². The first-order valence-electron chi connectivity index (χ1n) is 10.0. The van der Waals surface area contributed by atoms with Gasteiger partial charge in [-0.2, -0.15) is 0 Å². The van der Waals surface area contributed by atoms with Crippen LogP contribution in [0.4, 0.5) is 5.69 Å². The van der Waals surface area contributed by atoms with Crippen LogP contribution in [0.2, 0.25) is 0 Å². The minimum atomic E-state index is -3.47. The van der Waals surface area contributed by atoms with Crippen LogP contribution in [0.5, 0.6) is 5.75 Å². The van der Waals surface area contributed by atoms with Crippen molar-refractivity contribution in [1.82, 2.24) is 5.32 Å². The molecule has 0 aliphatic carbocycles. The summed E-state index contributed by atoms with van der Waals surface area (Å²) in [5, 5.41) is 2.83. The number of carbonyl (C=O) groups is 1. The van der Waals surface area contributed by atoms with Crippen LogP contribution >= 0.6 is 15.9 Å². The smallest absolute Gasteiger partial charge is 0.251 e. The lowest BCUT2D eigenvalue weighted by molar-refractivity contribution is 0.0947. The van der Waals surface area contributed by atoms with Crippen LogP contribution in [0.25, 0.3) is 0 Å². The van der Waals surface area contributed by atoms with Gasteiger partial charge in [0.05, 0.1) is 25.0 Å². The number of hydrogen-bond donors (Lipinski definition) is 1. The maximum Gasteiger partial charge on any atom is 0.251 e. The van der Waals surface area contributed by atoms with E-state index in [0.29, 0.717) is 24.4 Å². The van der Waals surface area contributed by atoms with E-state index in [1.165, 1.54) is 10.6 Å². The Morgan fingerprint density at radius 2 is 1.66 bits per heavy atom. The fraction of sp³-hybridized carbons (Fsp3) is 0.208. The summed E-state index contributed by atoms with van der Waals surface area (Å²) in [7, 11) is -3.47. The molecule has 0 aromatic heterocycles. The van der Waals surface area contributed by atoms with E-state index in [4.69, 9.17) is 4.74 Å². The molecule has 1 N–H and O–H groups in total. The van der Waals surface area contributed by atoms with Gasteiger partial charge < -0.3 is 10.1 Å². The maximum absolute atomic E-state index is 12.4. The topological polar surface area (TPSA) is 75.7 Å². The zero-order chi connectivity index (χ0) is 23.1. The number of halogens is 1. The second-order valence-electron chi connectivity index (χ2n) is 7.31. The zero-order valence-corrected chi connectivity index (χ0v) is 20.3. The van der Waals surface area contributed by atoms with Crippen LogP contribution in [0, 0.1) is 6.92 Å². The number of carbonyl (C=O) groups excluding carboxylic acids is 1. The van der Waals surface area contributed by atoms with Gasteiger partial charge in [-0.15, -0.1) is 0 Å². The summed E-state index contributed by atoms with van der Waals surface area (Å²) in [5.41, 5.74) is 2.89. The molecule has 3 aromatic carbocycles. The third kappa shape index (κ3) is 6.58. The first kappa shape index (κ1) is 23.8. The van der Waals surface area contributed by atoms with Gasteiger partial charge in [-0.05, 0) is 60.5 Å².